The van der Waals surface area contributed by atoms with Crippen LogP contribution in [0, 0.1) is 0 Å². The fourth-order valence-electron chi connectivity index (χ4n) is 1.61. The number of benzene rings is 1. The van der Waals surface area contributed by atoms with Crippen molar-refractivity contribution in [3.63, 3.8) is 0 Å². The van der Waals surface area contributed by atoms with Gasteiger partial charge in [0.1, 0.15) is 0 Å². The van der Waals surface area contributed by atoms with Crippen molar-refractivity contribution in [2.45, 2.75) is 39.0 Å². The number of nitrogens with one attached hydrogen (secondary N) is 1. The topological polar surface area (TPSA) is 41.5 Å². The van der Waals surface area contributed by atoms with Crippen LogP contribution in [-0.4, -0.2) is 30.5 Å². The predicted octanol–water partition coefficient (Wildman–Crippen LogP) is 2.89. The summed E-state index contributed by atoms with van der Waals surface area (Å²) in [6.45, 7) is 6.90. The van der Waals surface area contributed by atoms with E-state index >= 15 is 0 Å². The summed E-state index contributed by atoms with van der Waals surface area (Å²) >= 11 is 3.53. The largest absolute Gasteiger partial charge is 0.389 e. The molecule has 2 N–H and O–H groups in total. The highest BCUT2D eigenvalue weighted by Crippen LogP contribution is 2.22. The van der Waals surface area contributed by atoms with Gasteiger partial charge in [0, 0.05) is 17.1 Å². The highest BCUT2D eigenvalue weighted by Gasteiger charge is 2.11. The number of hydrogen-bond donors (Lipinski definition) is 2. The third-order valence-corrected chi connectivity index (χ3v) is 3.38. The van der Waals surface area contributed by atoms with Gasteiger partial charge < -0.3 is 15.2 Å². The number of aliphatic hydroxyl groups is 1. The summed E-state index contributed by atoms with van der Waals surface area (Å²) in [5.41, 5.74) is 1.19. The van der Waals surface area contributed by atoms with Gasteiger partial charge in [0.15, 0.2) is 0 Å². The van der Waals surface area contributed by atoms with Crippen LogP contribution in [0.2, 0.25) is 0 Å². The van der Waals surface area contributed by atoms with E-state index < -0.39 is 6.10 Å². The van der Waals surface area contributed by atoms with Gasteiger partial charge in [-0.3, -0.25) is 0 Å². The molecule has 0 saturated carbocycles. The third kappa shape index (κ3) is 5.48. The van der Waals surface area contributed by atoms with Crippen molar-refractivity contribution in [1.82, 2.24) is 5.32 Å². The Morgan fingerprint density at radius 3 is 2.56 bits per heavy atom. The first-order valence-electron chi connectivity index (χ1n) is 6.28. The fraction of sp³-hybridized carbons (Fsp3) is 0.571. The summed E-state index contributed by atoms with van der Waals surface area (Å²) in [5, 5.41) is 13.1. The van der Waals surface area contributed by atoms with Gasteiger partial charge in [0.2, 0.25) is 0 Å². The highest BCUT2D eigenvalue weighted by molar-refractivity contribution is 9.10. The van der Waals surface area contributed by atoms with Gasteiger partial charge in [-0.15, -0.1) is 0 Å². The number of ether oxygens (including phenoxy) is 1. The van der Waals surface area contributed by atoms with Crippen molar-refractivity contribution < 1.29 is 9.84 Å². The number of halogens is 1. The maximum atomic E-state index is 9.76. The van der Waals surface area contributed by atoms with Gasteiger partial charge in [-0.1, -0.05) is 34.1 Å². The Kier molecular flexibility index (Phi) is 6.86. The molecule has 0 fully saturated rings. The molecular weight excluding hydrogens is 294 g/mol. The Morgan fingerprint density at radius 1 is 1.28 bits per heavy atom. The van der Waals surface area contributed by atoms with Crippen molar-refractivity contribution in [2.75, 3.05) is 13.2 Å². The summed E-state index contributed by atoms with van der Waals surface area (Å²) in [7, 11) is 0. The molecular formula is C14H22BrNO2. The van der Waals surface area contributed by atoms with Crippen LogP contribution in [0.1, 0.15) is 32.4 Å². The zero-order valence-electron chi connectivity index (χ0n) is 11.2. The van der Waals surface area contributed by atoms with E-state index in [0.29, 0.717) is 13.2 Å². The van der Waals surface area contributed by atoms with Gasteiger partial charge in [0.25, 0.3) is 0 Å². The van der Waals surface area contributed by atoms with Gasteiger partial charge in [-0.25, -0.2) is 0 Å². The monoisotopic (exact) mass is 315 g/mol. The number of rotatable bonds is 7. The number of hydrogen-bond acceptors (Lipinski definition) is 3. The standard InChI is InChI=1S/C14H22BrNO2/c1-10(2)18-9-12(17)8-16-11(3)13-6-4-5-7-14(13)15/h4-7,10-12,16-17H,8-9H2,1-3H3/t11-,12?/m0/s1. The Balaban J connectivity index is 2.37. The van der Waals surface area contributed by atoms with Crippen LogP contribution >= 0.6 is 15.9 Å². The van der Waals surface area contributed by atoms with Crippen LogP contribution in [0.25, 0.3) is 0 Å². The lowest BCUT2D eigenvalue weighted by Crippen LogP contribution is -2.33. The SMILES string of the molecule is CC(C)OCC(O)CN[C@@H](C)c1ccccc1Br. The zero-order valence-corrected chi connectivity index (χ0v) is 12.8. The molecule has 18 heavy (non-hydrogen) atoms. The fourth-order valence-corrected chi connectivity index (χ4v) is 2.24. The van der Waals surface area contributed by atoms with E-state index in [-0.39, 0.29) is 12.1 Å². The van der Waals surface area contributed by atoms with Crippen molar-refractivity contribution in [3.05, 3.63) is 34.3 Å². The average molecular weight is 316 g/mol. The Bertz CT molecular complexity index is 357. The molecule has 102 valence electrons. The van der Waals surface area contributed by atoms with Crippen LogP contribution in [-0.2, 0) is 4.74 Å². The molecule has 0 radical (unpaired) electrons. The van der Waals surface area contributed by atoms with Crippen LogP contribution in [0.3, 0.4) is 0 Å². The summed E-state index contributed by atoms with van der Waals surface area (Å²) in [4.78, 5) is 0. The van der Waals surface area contributed by atoms with E-state index in [1.807, 2.05) is 32.0 Å². The quantitative estimate of drug-likeness (QED) is 0.813. The predicted molar refractivity (Wildman–Crippen MR) is 77.7 cm³/mol. The Hall–Kier alpha value is -0.420. The van der Waals surface area contributed by atoms with Gasteiger partial charge in [0.05, 0.1) is 18.8 Å². The summed E-state index contributed by atoms with van der Waals surface area (Å²) in [6.07, 6.45) is -0.322. The molecule has 4 heteroatoms. The minimum atomic E-state index is -0.475. The minimum absolute atomic E-state index is 0.153. The molecule has 1 aromatic carbocycles. The molecule has 1 aromatic rings. The third-order valence-electron chi connectivity index (χ3n) is 2.65. The van der Waals surface area contributed by atoms with Crippen LogP contribution < -0.4 is 5.32 Å². The molecule has 1 unspecified atom stereocenters. The first-order valence-corrected chi connectivity index (χ1v) is 7.07. The Morgan fingerprint density at radius 2 is 1.94 bits per heavy atom. The molecule has 3 nitrogen and oxygen atoms in total. The maximum Gasteiger partial charge on any atom is 0.0898 e. The molecule has 0 aliphatic heterocycles. The van der Waals surface area contributed by atoms with E-state index in [1.54, 1.807) is 0 Å². The second-order valence-corrected chi connectivity index (χ2v) is 5.54. The van der Waals surface area contributed by atoms with Gasteiger partial charge in [-0.05, 0) is 32.4 Å². The highest BCUT2D eigenvalue weighted by atomic mass is 79.9. The van der Waals surface area contributed by atoms with Crippen molar-refractivity contribution in [3.8, 4) is 0 Å². The van der Waals surface area contributed by atoms with Crippen LogP contribution in [0.4, 0.5) is 0 Å². The van der Waals surface area contributed by atoms with Crippen molar-refractivity contribution >= 4 is 15.9 Å². The molecule has 2 atom stereocenters. The Labute approximate surface area is 118 Å². The second-order valence-electron chi connectivity index (χ2n) is 4.69. The van der Waals surface area contributed by atoms with E-state index in [9.17, 15) is 5.11 Å². The van der Waals surface area contributed by atoms with Crippen molar-refractivity contribution in [1.29, 1.82) is 0 Å². The van der Waals surface area contributed by atoms with Crippen LogP contribution in [0.15, 0.2) is 28.7 Å². The first kappa shape index (κ1) is 15.6. The molecule has 0 saturated heterocycles. The summed E-state index contributed by atoms with van der Waals surface area (Å²) < 4.78 is 6.45. The van der Waals surface area contributed by atoms with E-state index in [4.69, 9.17) is 4.74 Å². The average Bonchev–Trinajstić information content (AvgIpc) is 2.34. The minimum Gasteiger partial charge on any atom is -0.389 e. The summed E-state index contributed by atoms with van der Waals surface area (Å²) in [6, 6.07) is 8.28. The molecule has 0 aliphatic carbocycles. The van der Waals surface area contributed by atoms with E-state index in [1.165, 1.54) is 5.56 Å². The lowest BCUT2D eigenvalue weighted by atomic mass is 10.1. The van der Waals surface area contributed by atoms with Crippen LogP contribution in [0.5, 0.6) is 0 Å². The maximum absolute atomic E-state index is 9.76. The van der Waals surface area contributed by atoms with Crippen molar-refractivity contribution in [2.24, 2.45) is 0 Å². The van der Waals surface area contributed by atoms with Gasteiger partial charge >= 0.3 is 0 Å². The molecule has 0 heterocycles. The second kappa shape index (κ2) is 7.89. The van der Waals surface area contributed by atoms with E-state index in [0.717, 1.165) is 4.47 Å². The molecule has 0 aromatic heterocycles. The summed E-state index contributed by atoms with van der Waals surface area (Å²) in [5.74, 6) is 0. The smallest absolute Gasteiger partial charge is 0.0898 e. The zero-order chi connectivity index (χ0) is 13.5. The lowest BCUT2D eigenvalue weighted by Gasteiger charge is -2.19. The first-order chi connectivity index (χ1) is 8.50. The molecule has 0 bridgehead atoms. The number of aliphatic hydroxyl groups excluding tert-OH is 1. The van der Waals surface area contributed by atoms with E-state index in [2.05, 4.69) is 34.2 Å². The lowest BCUT2D eigenvalue weighted by molar-refractivity contribution is 0.00560. The molecule has 0 amide bonds. The molecule has 0 spiro atoms. The molecule has 1 rings (SSSR count). The molecule has 0 aliphatic rings. The normalized spacial score (nSPS) is 14.8. The van der Waals surface area contributed by atoms with Gasteiger partial charge in [-0.2, -0.15) is 0 Å².